The van der Waals surface area contributed by atoms with Gasteiger partial charge in [0.25, 0.3) is 0 Å². The summed E-state index contributed by atoms with van der Waals surface area (Å²) < 4.78 is 40.6. The van der Waals surface area contributed by atoms with Crippen LogP contribution in [0, 0.1) is 11.6 Å². The Labute approximate surface area is 227 Å². The maximum absolute atomic E-state index is 14.0. The van der Waals surface area contributed by atoms with E-state index in [1.54, 1.807) is 18.2 Å². The Morgan fingerprint density at radius 3 is 2.49 bits per heavy atom. The molecule has 37 heavy (non-hydrogen) atoms. The summed E-state index contributed by atoms with van der Waals surface area (Å²) >= 11 is 18.7. The SMILES string of the molecule is O=C(O)CO[C@@H]1[C@@H](n2cc(-c3cc(F)c(Cl)c(F)c3)nn2)[C@@H](O)[C@@H](CO)O[C@@H]1Sc1ccc(Cl)c(Cl)c1. The van der Waals surface area contributed by atoms with Crippen LogP contribution in [0.2, 0.25) is 15.1 Å². The van der Waals surface area contributed by atoms with Crippen molar-refractivity contribution in [2.45, 2.75) is 34.7 Å². The number of hydrogen-bond acceptors (Lipinski definition) is 8. The van der Waals surface area contributed by atoms with Crippen LogP contribution < -0.4 is 0 Å². The third-order valence-electron chi connectivity index (χ3n) is 5.46. The summed E-state index contributed by atoms with van der Waals surface area (Å²) in [6, 6.07) is 5.61. The van der Waals surface area contributed by atoms with E-state index in [0.29, 0.717) is 9.92 Å². The predicted molar refractivity (Wildman–Crippen MR) is 131 cm³/mol. The molecule has 2 aromatic carbocycles. The molecule has 3 aromatic rings. The molecule has 0 saturated carbocycles. The summed E-state index contributed by atoms with van der Waals surface area (Å²) in [5.74, 6) is -3.28. The Bertz CT molecular complexity index is 1280. The first-order valence-electron chi connectivity index (χ1n) is 10.5. The number of hydrogen-bond donors (Lipinski definition) is 3. The van der Waals surface area contributed by atoms with Crippen molar-refractivity contribution < 1.29 is 38.4 Å². The van der Waals surface area contributed by atoms with Gasteiger partial charge in [-0.1, -0.05) is 51.8 Å². The molecule has 15 heteroatoms. The minimum atomic E-state index is -1.43. The maximum Gasteiger partial charge on any atom is 0.329 e. The largest absolute Gasteiger partial charge is 0.480 e. The Kier molecular flexibility index (Phi) is 8.92. The van der Waals surface area contributed by atoms with Crippen LogP contribution in [-0.2, 0) is 14.3 Å². The molecule has 1 aliphatic rings. The molecule has 0 aliphatic carbocycles. The van der Waals surface area contributed by atoms with E-state index in [-0.39, 0.29) is 16.3 Å². The molecule has 0 bridgehead atoms. The Morgan fingerprint density at radius 1 is 1.16 bits per heavy atom. The third kappa shape index (κ3) is 6.18. The van der Waals surface area contributed by atoms with Crippen molar-refractivity contribution in [3.8, 4) is 11.3 Å². The van der Waals surface area contributed by atoms with Crippen molar-refractivity contribution in [1.82, 2.24) is 15.0 Å². The van der Waals surface area contributed by atoms with E-state index in [2.05, 4.69) is 10.3 Å². The number of aromatic nitrogens is 3. The number of aliphatic hydroxyl groups is 2. The molecule has 1 aliphatic heterocycles. The van der Waals surface area contributed by atoms with E-state index in [0.717, 1.165) is 23.9 Å². The quantitative estimate of drug-likeness (QED) is 0.330. The van der Waals surface area contributed by atoms with Crippen molar-refractivity contribution in [3.63, 3.8) is 0 Å². The highest BCUT2D eigenvalue weighted by molar-refractivity contribution is 7.99. The lowest BCUT2D eigenvalue weighted by Gasteiger charge is -2.43. The fourth-order valence-electron chi connectivity index (χ4n) is 3.75. The molecule has 0 spiro atoms. The number of aliphatic hydroxyl groups excluding tert-OH is 2. The monoisotopic (exact) mass is 595 g/mol. The highest BCUT2D eigenvalue weighted by Crippen LogP contribution is 2.41. The zero-order valence-corrected chi connectivity index (χ0v) is 21.6. The number of carboxylic acids is 1. The van der Waals surface area contributed by atoms with E-state index in [1.165, 1.54) is 10.9 Å². The van der Waals surface area contributed by atoms with Gasteiger partial charge in [-0.05, 0) is 30.3 Å². The second-order valence-corrected chi connectivity index (χ2v) is 10.3. The van der Waals surface area contributed by atoms with Crippen LogP contribution in [0.3, 0.4) is 0 Å². The predicted octanol–water partition coefficient (Wildman–Crippen LogP) is 4.06. The molecule has 4 rings (SSSR count). The molecule has 3 N–H and O–H groups in total. The third-order valence-corrected chi connectivity index (χ3v) is 7.70. The van der Waals surface area contributed by atoms with Crippen molar-refractivity contribution in [3.05, 3.63) is 63.2 Å². The van der Waals surface area contributed by atoms with Gasteiger partial charge in [0.1, 0.15) is 58.7 Å². The average molecular weight is 597 g/mol. The molecule has 1 aromatic heterocycles. The highest BCUT2D eigenvalue weighted by atomic mass is 35.5. The number of thioether (sulfide) groups is 1. The van der Waals surface area contributed by atoms with Gasteiger partial charge in [-0.2, -0.15) is 0 Å². The number of ether oxygens (including phenoxy) is 2. The van der Waals surface area contributed by atoms with Crippen LogP contribution >= 0.6 is 46.6 Å². The Morgan fingerprint density at radius 2 is 1.86 bits per heavy atom. The second kappa shape index (κ2) is 11.8. The Hall–Kier alpha value is -2.03. The van der Waals surface area contributed by atoms with Crippen LogP contribution in [0.4, 0.5) is 8.78 Å². The van der Waals surface area contributed by atoms with Gasteiger partial charge in [0, 0.05) is 10.5 Å². The average Bonchev–Trinajstić information content (AvgIpc) is 3.34. The first kappa shape index (κ1) is 28.0. The van der Waals surface area contributed by atoms with Crippen LogP contribution in [0.25, 0.3) is 11.3 Å². The topological polar surface area (TPSA) is 127 Å². The minimum Gasteiger partial charge on any atom is -0.480 e. The molecule has 5 atom stereocenters. The second-order valence-electron chi connectivity index (χ2n) is 7.91. The molecule has 0 radical (unpaired) electrons. The molecule has 0 unspecified atom stereocenters. The fourth-order valence-corrected chi connectivity index (χ4v) is 5.39. The van der Waals surface area contributed by atoms with E-state index in [9.17, 15) is 28.9 Å². The van der Waals surface area contributed by atoms with E-state index < -0.39 is 65.6 Å². The summed E-state index contributed by atoms with van der Waals surface area (Å²) in [5, 5.41) is 37.9. The number of rotatable bonds is 8. The van der Waals surface area contributed by atoms with Gasteiger partial charge in [0.15, 0.2) is 0 Å². The smallest absolute Gasteiger partial charge is 0.329 e. The number of benzene rings is 2. The van der Waals surface area contributed by atoms with Gasteiger partial charge in [-0.25, -0.2) is 18.3 Å². The van der Waals surface area contributed by atoms with Crippen LogP contribution in [0.1, 0.15) is 6.04 Å². The van der Waals surface area contributed by atoms with E-state index >= 15 is 0 Å². The standard InChI is InChI=1S/C22H18Cl3F2N3O6S/c23-11-2-1-10(5-12(11)24)37-22-21(35-8-17(32)33)19(20(34)16(7-31)36-22)30-6-15(28-29-30)9-3-13(26)18(25)14(27)4-9/h1-6,16,19-22,31,34H,7-8H2,(H,32,33)/t16-,19+,20+,21-,22-/m1/s1. The molecule has 198 valence electrons. The zero-order valence-electron chi connectivity index (χ0n) is 18.5. The maximum atomic E-state index is 14.0. The van der Waals surface area contributed by atoms with Gasteiger partial charge in [-0.15, -0.1) is 5.10 Å². The molecular weight excluding hydrogens is 579 g/mol. The first-order valence-corrected chi connectivity index (χ1v) is 12.6. The van der Waals surface area contributed by atoms with Gasteiger partial charge >= 0.3 is 5.97 Å². The molecule has 1 saturated heterocycles. The van der Waals surface area contributed by atoms with Crippen molar-refractivity contribution in [2.75, 3.05) is 13.2 Å². The summed E-state index contributed by atoms with van der Waals surface area (Å²) in [6.45, 7) is -1.33. The van der Waals surface area contributed by atoms with Crippen LogP contribution in [0.15, 0.2) is 41.4 Å². The van der Waals surface area contributed by atoms with Crippen LogP contribution in [0.5, 0.6) is 0 Å². The van der Waals surface area contributed by atoms with Gasteiger partial charge in [-0.3, -0.25) is 0 Å². The van der Waals surface area contributed by atoms with Gasteiger partial charge in [0.05, 0.1) is 22.8 Å². The number of carboxylic acid groups (broad SMARTS) is 1. The lowest BCUT2D eigenvalue weighted by Crippen LogP contribution is -2.56. The summed E-state index contributed by atoms with van der Waals surface area (Å²) in [5.41, 5.74) is -0.893. The molecule has 9 nitrogen and oxygen atoms in total. The minimum absolute atomic E-state index is 0.0237. The lowest BCUT2D eigenvalue weighted by molar-refractivity contribution is -0.196. The van der Waals surface area contributed by atoms with Crippen LogP contribution in [-0.4, -0.2) is 73.2 Å². The summed E-state index contributed by atoms with van der Waals surface area (Å²) in [7, 11) is 0. The Balaban J connectivity index is 1.72. The number of halogens is 5. The highest BCUT2D eigenvalue weighted by Gasteiger charge is 2.48. The first-order chi connectivity index (χ1) is 17.6. The molecular formula is C22H18Cl3F2N3O6S. The van der Waals surface area contributed by atoms with Crippen molar-refractivity contribution in [2.24, 2.45) is 0 Å². The van der Waals surface area contributed by atoms with Gasteiger partial charge in [0.2, 0.25) is 0 Å². The van der Waals surface area contributed by atoms with Crippen molar-refractivity contribution >= 4 is 52.5 Å². The molecule has 0 amide bonds. The normalized spacial score (nSPS) is 23.8. The van der Waals surface area contributed by atoms with Crippen molar-refractivity contribution in [1.29, 1.82) is 0 Å². The number of aliphatic carboxylic acids is 1. The summed E-state index contributed by atoms with van der Waals surface area (Å²) in [6.07, 6.45) is -2.38. The van der Waals surface area contributed by atoms with E-state index in [1.807, 2.05) is 0 Å². The number of nitrogens with zero attached hydrogens (tertiary/aromatic N) is 3. The summed E-state index contributed by atoms with van der Waals surface area (Å²) in [4.78, 5) is 11.9. The van der Waals surface area contributed by atoms with Gasteiger partial charge < -0.3 is 24.8 Å². The number of carbonyl (C=O) groups is 1. The lowest BCUT2D eigenvalue weighted by atomic mass is 9.97. The van der Waals surface area contributed by atoms with E-state index in [4.69, 9.17) is 44.3 Å². The fraction of sp³-hybridized carbons (Fsp3) is 0.318. The zero-order chi connectivity index (χ0) is 26.9. The molecule has 1 fully saturated rings. The molecule has 2 heterocycles.